The minimum absolute atomic E-state index is 0.0605. The standard InChI is InChI=1S/C25H23F4N3Si/c1-24(26,27)25(28,29)23-21-15-30-22(18-8-6-5-7-9-18)19-14-17(12-13-33(2,3)4)10-11-20(19)32(21)16-31-23/h5-11,14,16H,15H2,1-4H3. The molecule has 0 saturated carbocycles. The van der Waals surface area contributed by atoms with E-state index in [0.29, 0.717) is 17.0 Å². The van der Waals surface area contributed by atoms with Crippen molar-refractivity contribution in [2.24, 2.45) is 4.99 Å². The summed E-state index contributed by atoms with van der Waals surface area (Å²) in [7, 11) is -1.62. The first kappa shape index (κ1) is 23.0. The molecule has 1 aromatic heterocycles. The van der Waals surface area contributed by atoms with Gasteiger partial charge in [0.1, 0.15) is 20.1 Å². The summed E-state index contributed by atoms with van der Waals surface area (Å²) in [6.45, 7) is 6.41. The molecular formula is C25H23F4N3Si. The van der Waals surface area contributed by atoms with Gasteiger partial charge in [0.15, 0.2) is 0 Å². The van der Waals surface area contributed by atoms with Gasteiger partial charge in [0.05, 0.1) is 23.6 Å². The number of aliphatic imine (C=N–C) groups is 1. The molecule has 0 radical (unpaired) electrons. The average molecular weight is 470 g/mol. The molecule has 1 aliphatic rings. The molecule has 0 aliphatic carbocycles. The van der Waals surface area contributed by atoms with Crippen molar-refractivity contribution in [2.75, 3.05) is 0 Å². The topological polar surface area (TPSA) is 30.2 Å². The predicted molar refractivity (Wildman–Crippen MR) is 124 cm³/mol. The Morgan fingerprint density at radius 2 is 1.70 bits per heavy atom. The zero-order valence-electron chi connectivity index (χ0n) is 18.8. The van der Waals surface area contributed by atoms with E-state index in [4.69, 9.17) is 0 Å². The van der Waals surface area contributed by atoms with Crippen LogP contribution in [0.5, 0.6) is 0 Å². The number of aromatic nitrogens is 2. The molecule has 0 N–H and O–H groups in total. The molecular weight excluding hydrogens is 446 g/mol. The van der Waals surface area contributed by atoms with Crippen molar-refractivity contribution in [1.29, 1.82) is 0 Å². The van der Waals surface area contributed by atoms with Crippen molar-refractivity contribution >= 4 is 13.8 Å². The molecule has 2 aromatic carbocycles. The van der Waals surface area contributed by atoms with Crippen LogP contribution in [0.15, 0.2) is 59.9 Å². The predicted octanol–water partition coefficient (Wildman–Crippen LogP) is 6.20. The Bertz CT molecular complexity index is 1290. The number of fused-ring (bicyclic) bond motifs is 3. The highest BCUT2D eigenvalue weighted by Gasteiger charge is 2.56. The SMILES string of the molecule is CC(F)(F)C(F)(F)c1ncn2c1CN=C(c1ccccc1)c1cc(C#C[Si](C)(C)C)ccc1-2. The fourth-order valence-electron chi connectivity index (χ4n) is 3.56. The summed E-state index contributed by atoms with van der Waals surface area (Å²) in [6, 6.07) is 14.8. The third-order valence-electron chi connectivity index (χ3n) is 5.24. The second-order valence-corrected chi connectivity index (χ2v) is 13.9. The van der Waals surface area contributed by atoms with Gasteiger partial charge < -0.3 is 4.57 Å². The van der Waals surface area contributed by atoms with E-state index < -0.39 is 25.6 Å². The molecule has 8 heteroatoms. The molecule has 0 spiro atoms. The maximum Gasteiger partial charge on any atom is 0.353 e. The van der Waals surface area contributed by atoms with Gasteiger partial charge in [-0.2, -0.15) is 17.6 Å². The Morgan fingerprint density at radius 1 is 1.00 bits per heavy atom. The van der Waals surface area contributed by atoms with Crippen molar-refractivity contribution in [2.45, 2.75) is 45.0 Å². The van der Waals surface area contributed by atoms with Gasteiger partial charge in [0.25, 0.3) is 0 Å². The Kier molecular flexibility index (Phi) is 5.57. The normalized spacial score (nSPS) is 13.9. The summed E-state index contributed by atoms with van der Waals surface area (Å²) in [6.07, 6.45) is 1.17. The molecule has 33 heavy (non-hydrogen) atoms. The maximum atomic E-state index is 14.6. The van der Waals surface area contributed by atoms with Gasteiger partial charge in [-0.25, -0.2) is 4.98 Å². The number of imidazole rings is 1. The number of hydrogen-bond donors (Lipinski definition) is 0. The molecule has 4 rings (SSSR count). The fourth-order valence-corrected chi connectivity index (χ4v) is 4.08. The molecule has 0 bridgehead atoms. The molecule has 0 unspecified atom stereocenters. The van der Waals surface area contributed by atoms with E-state index >= 15 is 0 Å². The Balaban J connectivity index is 1.95. The van der Waals surface area contributed by atoms with Gasteiger partial charge in [-0.3, -0.25) is 4.99 Å². The Hall–Kier alpha value is -3.18. The van der Waals surface area contributed by atoms with Gasteiger partial charge in [-0.1, -0.05) is 55.9 Å². The summed E-state index contributed by atoms with van der Waals surface area (Å²) < 4.78 is 58.1. The third-order valence-corrected chi connectivity index (χ3v) is 6.12. The lowest BCUT2D eigenvalue weighted by Crippen LogP contribution is -2.36. The van der Waals surface area contributed by atoms with Crippen LogP contribution in [0.1, 0.15) is 35.0 Å². The molecule has 3 aromatic rings. The van der Waals surface area contributed by atoms with E-state index in [1.165, 1.54) is 10.9 Å². The van der Waals surface area contributed by atoms with Crippen LogP contribution in [0.3, 0.4) is 0 Å². The van der Waals surface area contributed by atoms with Crippen LogP contribution in [0.25, 0.3) is 5.69 Å². The Morgan fingerprint density at radius 3 is 2.33 bits per heavy atom. The first-order chi connectivity index (χ1) is 15.4. The number of hydrogen-bond acceptors (Lipinski definition) is 2. The lowest BCUT2D eigenvalue weighted by Gasteiger charge is -2.22. The van der Waals surface area contributed by atoms with E-state index in [0.717, 1.165) is 11.1 Å². The first-order valence-electron chi connectivity index (χ1n) is 10.5. The molecule has 0 saturated heterocycles. The summed E-state index contributed by atoms with van der Waals surface area (Å²) >= 11 is 0. The highest BCUT2D eigenvalue weighted by Crippen LogP contribution is 2.44. The van der Waals surface area contributed by atoms with Gasteiger partial charge in [0.2, 0.25) is 0 Å². The summed E-state index contributed by atoms with van der Waals surface area (Å²) in [4.78, 5) is 8.30. The summed E-state index contributed by atoms with van der Waals surface area (Å²) in [5.41, 5.74) is 5.68. The van der Waals surface area contributed by atoms with Gasteiger partial charge >= 0.3 is 11.8 Å². The molecule has 1 aliphatic heterocycles. The lowest BCUT2D eigenvalue weighted by atomic mass is 9.98. The van der Waals surface area contributed by atoms with Gasteiger partial charge in [-0.15, -0.1) is 5.54 Å². The van der Waals surface area contributed by atoms with Crippen LogP contribution in [-0.4, -0.2) is 29.3 Å². The number of nitrogens with zero attached hydrogens (tertiary/aromatic N) is 3. The zero-order valence-corrected chi connectivity index (χ0v) is 19.8. The van der Waals surface area contributed by atoms with Gasteiger partial charge in [-0.05, 0) is 18.2 Å². The summed E-state index contributed by atoms with van der Waals surface area (Å²) in [5, 5.41) is 0. The van der Waals surface area contributed by atoms with Crippen LogP contribution in [0.4, 0.5) is 17.6 Å². The average Bonchev–Trinajstić information content (AvgIpc) is 3.10. The van der Waals surface area contributed by atoms with Crippen LogP contribution < -0.4 is 0 Å². The number of alkyl halides is 4. The largest absolute Gasteiger partial charge is 0.353 e. The highest BCUT2D eigenvalue weighted by atomic mass is 28.3. The van der Waals surface area contributed by atoms with Crippen molar-refractivity contribution in [3.63, 3.8) is 0 Å². The fraction of sp³-hybridized carbons (Fsp3) is 0.280. The van der Waals surface area contributed by atoms with E-state index in [1.807, 2.05) is 36.4 Å². The van der Waals surface area contributed by atoms with Crippen LogP contribution in [0, 0.1) is 11.5 Å². The molecule has 170 valence electrons. The number of halogens is 4. The zero-order chi connectivity index (χ0) is 24.0. The molecule has 0 fully saturated rings. The van der Waals surface area contributed by atoms with Crippen molar-refractivity contribution in [1.82, 2.24) is 9.55 Å². The minimum atomic E-state index is -4.43. The van der Waals surface area contributed by atoms with E-state index in [9.17, 15) is 17.6 Å². The molecule has 3 nitrogen and oxygen atoms in total. The van der Waals surface area contributed by atoms with E-state index in [-0.39, 0.29) is 19.2 Å². The molecule has 2 heterocycles. The minimum Gasteiger partial charge on any atom is -0.300 e. The van der Waals surface area contributed by atoms with Crippen LogP contribution >= 0.6 is 0 Å². The third kappa shape index (κ3) is 4.38. The number of benzene rings is 2. The van der Waals surface area contributed by atoms with E-state index in [2.05, 4.69) is 41.1 Å². The summed E-state index contributed by atoms with van der Waals surface area (Å²) in [5.74, 6) is -5.48. The van der Waals surface area contributed by atoms with Crippen molar-refractivity contribution < 1.29 is 17.6 Å². The molecule has 0 amide bonds. The second kappa shape index (κ2) is 7.99. The number of rotatable bonds is 3. The monoisotopic (exact) mass is 469 g/mol. The molecule has 0 atom stereocenters. The van der Waals surface area contributed by atoms with Crippen molar-refractivity contribution in [3.8, 4) is 17.2 Å². The first-order valence-corrected chi connectivity index (χ1v) is 14.0. The van der Waals surface area contributed by atoms with E-state index in [1.54, 1.807) is 12.1 Å². The van der Waals surface area contributed by atoms with Crippen LogP contribution in [0.2, 0.25) is 19.6 Å². The quantitative estimate of drug-likeness (QED) is 0.255. The second-order valence-electron chi connectivity index (χ2n) is 9.14. The van der Waals surface area contributed by atoms with Gasteiger partial charge in [0, 0.05) is 23.6 Å². The van der Waals surface area contributed by atoms with Crippen molar-refractivity contribution in [3.05, 3.63) is 82.9 Å². The smallest absolute Gasteiger partial charge is 0.300 e. The highest BCUT2D eigenvalue weighted by molar-refractivity contribution is 6.83. The van der Waals surface area contributed by atoms with Crippen LogP contribution in [-0.2, 0) is 12.5 Å². The maximum absolute atomic E-state index is 14.6. The lowest BCUT2D eigenvalue weighted by molar-refractivity contribution is -0.207. The Labute approximate surface area is 191 Å².